The van der Waals surface area contributed by atoms with Gasteiger partial charge in [0.1, 0.15) is 5.75 Å². The Morgan fingerprint density at radius 2 is 1.34 bits per heavy atom. The zero-order valence-electron chi connectivity index (χ0n) is 16.9. The Morgan fingerprint density at radius 3 is 1.93 bits per heavy atom. The molecule has 0 aliphatic rings. The number of amides is 1. The van der Waals surface area contributed by atoms with Gasteiger partial charge in [0.2, 0.25) is 0 Å². The van der Waals surface area contributed by atoms with Gasteiger partial charge in [-0.2, -0.15) is 0 Å². The molecule has 0 saturated heterocycles. The quantitative estimate of drug-likeness (QED) is 0.522. The third-order valence-electron chi connectivity index (χ3n) is 4.57. The number of hydrogen-bond acceptors (Lipinski definition) is 4. The minimum absolute atomic E-state index is 0.0249. The predicted octanol–water partition coefficient (Wildman–Crippen LogP) is 5.29. The largest absolute Gasteiger partial charge is 0.484 e. The molecule has 3 aromatic carbocycles. The van der Waals surface area contributed by atoms with Gasteiger partial charge in [-0.05, 0) is 74.5 Å². The van der Waals surface area contributed by atoms with Crippen molar-refractivity contribution in [1.82, 2.24) is 0 Å². The molecule has 1 amide bonds. The highest BCUT2D eigenvalue weighted by Crippen LogP contribution is 2.22. The lowest BCUT2D eigenvalue weighted by atomic mass is 10.2. The molecule has 5 nitrogen and oxygen atoms in total. The van der Waals surface area contributed by atoms with Crippen LogP contribution in [0.1, 0.15) is 13.8 Å². The van der Waals surface area contributed by atoms with Crippen LogP contribution in [0.2, 0.25) is 0 Å². The molecule has 29 heavy (non-hydrogen) atoms. The average molecular weight is 389 g/mol. The molecule has 0 radical (unpaired) electrons. The van der Waals surface area contributed by atoms with Crippen LogP contribution in [0.25, 0.3) is 0 Å². The van der Waals surface area contributed by atoms with E-state index >= 15 is 0 Å². The number of nitrogens with one attached hydrogen (secondary N) is 2. The molecule has 0 saturated carbocycles. The number of nitrogens with zero attached hydrogens (tertiary/aromatic N) is 1. The number of benzene rings is 3. The first-order valence-electron chi connectivity index (χ1n) is 9.87. The molecule has 5 heteroatoms. The summed E-state index contributed by atoms with van der Waals surface area (Å²) in [6, 6.07) is 25.3. The second-order valence-corrected chi connectivity index (χ2v) is 6.57. The van der Waals surface area contributed by atoms with Crippen molar-refractivity contribution in [2.45, 2.75) is 13.8 Å². The summed E-state index contributed by atoms with van der Waals surface area (Å²) >= 11 is 0. The molecule has 0 heterocycles. The van der Waals surface area contributed by atoms with Crippen LogP contribution in [0.15, 0.2) is 78.9 Å². The third kappa shape index (κ3) is 6.01. The van der Waals surface area contributed by atoms with Gasteiger partial charge in [0.25, 0.3) is 5.91 Å². The van der Waals surface area contributed by atoms with Crippen LogP contribution >= 0.6 is 0 Å². The fourth-order valence-electron chi connectivity index (χ4n) is 3.01. The lowest BCUT2D eigenvalue weighted by Crippen LogP contribution is -2.21. The summed E-state index contributed by atoms with van der Waals surface area (Å²) in [5.41, 5.74) is 3.93. The van der Waals surface area contributed by atoms with Crippen molar-refractivity contribution >= 4 is 28.7 Å². The highest BCUT2D eigenvalue weighted by molar-refractivity contribution is 5.92. The lowest BCUT2D eigenvalue weighted by Gasteiger charge is -2.21. The minimum Gasteiger partial charge on any atom is -0.484 e. The molecule has 0 unspecified atom stereocenters. The maximum absolute atomic E-state index is 12.0. The summed E-state index contributed by atoms with van der Waals surface area (Å²) in [7, 11) is 0. The van der Waals surface area contributed by atoms with Gasteiger partial charge < -0.3 is 20.3 Å². The number of hydrogen-bond donors (Lipinski definition) is 2. The topological polar surface area (TPSA) is 53.6 Å². The normalized spacial score (nSPS) is 10.3. The Kier molecular flexibility index (Phi) is 7.11. The molecule has 0 fully saturated rings. The molecule has 0 aliphatic heterocycles. The Bertz CT molecular complexity index is 890. The fraction of sp³-hybridized carbons (Fsp3) is 0.208. The highest BCUT2D eigenvalue weighted by atomic mass is 16.5. The molecular formula is C24H27N3O2. The number of rotatable bonds is 9. The van der Waals surface area contributed by atoms with Gasteiger partial charge >= 0.3 is 0 Å². The maximum atomic E-state index is 12.0. The second kappa shape index (κ2) is 10.2. The molecule has 3 rings (SSSR count). The Morgan fingerprint density at radius 1 is 0.793 bits per heavy atom. The van der Waals surface area contributed by atoms with E-state index in [-0.39, 0.29) is 12.5 Å². The van der Waals surface area contributed by atoms with E-state index in [1.165, 1.54) is 5.69 Å². The molecule has 0 aromatic heterocycles. The first-order chi connectivity index (χ1) is 14.2. The van der Waals surface area contributed by atoms with Gasteiger partial charge in [-0.1, -0.05) is 18.2 Å². The van der Waals surface area contributed by atoms with Crippen LogP contribution in [0.5, 0.6) is 5.75 Å². The summed E-state index contributed by atoms with van der Waals surface area (Å²) in [4.78, 5) is 14.4. The minimum atomic E-state index is -0.193. The van der Waals surface area contributed by atoms with Gasteiger partial charge in [0.05, 0.1) is 0 Å². The zero-order chi connectivity index (χ0) is 20.5. The van der Waals surface area contributed by atoms with E-state index in [1.807, 2.05) is 54.6 Å². The average Bonchev–Trinajstić information content (AvgIpc) is 2.76. The van der Waals surface area contributed by atoms with Crippen LogP contribution in [-0.2, 0) is 4.79 Å². The summed E-state index contributed by atoms with van der Waals surface area (Å²) < 4.78 is 5.46. The van der Waals surface area contributed by atoms with Crippen molar-refractivity contribution < 1.29 is 9.53 Å². The molecule has 150 valence electrons. The molecular weight excluding hydrogens is 362 g/mol. The van der Waals surface area contributed by atoms with E-state index < -0.39 is 0 Å². The molecule has 2 N–H and O–H groups in total. The molecule has 0 atom stereocenters. The lowest BCUT2D eigenvalue weighted by molar-refractivity contribution is -0.118. The van der Waals surface area contributed by atoms with Crippen molar-refractivity contribution in [2.24, 2.45) is 0 Å². The van der Waals surface area contributed by atoms with E-state index in [0.717, 1.165) is 30.2 Å². The van der Waals surface area contributed by atoms with E-state index in [1.54, 1.807) is 0 Å². The summed E-state index contributed by atoms with van der Waals surface area (Å²) in [6.45, 7) is 6.27. The predicted molar refractivity (Wildman–Crippen MR) is 120 cm³/mol. The van der Waals surface area contributed by atoms with Crippen molar-refractivity contribution in [3.05, 3.63) is 78.9 Å². The van der Waals surface area contributed by atoms with E-state index in [2.05, 4.69) is 53.6 Å². The molecule has 3 aromatic rings. The summed E-state index contributed by atoms with van der Waals surface area (Å²) in [5.74, 6) is 0.482. The Labute approximate surface area is 172 Å². The SMILES string of the molecule is CCN(CC)c1ccc(Nc2ccc(NC(=O)COc3ccccc3)cc2)cc1. The number of para-hydroxylation sites is 1. The van der Waals surface area contributed by atoms with Crippen molar-refractivity contribution in [3.63, 3.8) is 0 Å². The van der Waals surface area contributed by atoms with Crippen molar-refractivity contribution in [2.75, 3.05) is 35.2 Å². The van der Waals surface area contributed by atoms with Gasteiger partial charge in [0.15, 0.2) is 6.61 Å². The van der Waals surface area contributed by atoms with Crippen LogP contribution in [0.4, 0.5) is 22.7 Å². The summed E-state index contributed by atoms with van der Waals surface area (Å²) in [6.07, 6.45) is 0. The first kappa shape index (κ1) is 20.3. The van der Waals surface area contributed by atoms with Gasteiger partial charge in [-0.25, -0.2) is 0 Å². The van der Waals surface area contributed by atoms with Gasteiger partial charge in [0, 0.05) is 35.8 Å². The van der Waals surface area contributed by atoms with Crippen LogP contribution in [0, 0.1) is 0 Å². The Balaban J connectivity index is 1.51. The first-order valence-corrected chi connectivity index (χ1v) is 9.87. The van der Waals surface area contributed by atoms with Crippen LogP contribution in [0.3, 0.4) is 0 Å². The van der Waals surface area contributed by atoms with Gasteiger partial charge in [-0.15, -0.1) is 0 Å². The van der Waals surface area contributed by atoms with Crippen LogP contribution < -0.4 is 20.3 Å². The maximum Gasteiger partial charge on any atom is 0.262 e. The monoisotopic (exact) mass is 389 g/mol. The second-order valence-electron chi connectivity index (χ2n) is 6.57. The van der Waals surface area contributed by atoms with E-state index in [9.17, 15) is 4.79 Å². The summed E-state index contributed by atoms with van der Waals surface area (Å²) in [5, 5.41) is 6.22. The van der Waals surface area contributed by atoms with E-state index in [0.29, 0.717) is 5.75 Å². The third-order valence-corrected chi connectivity index (χ3v) is 4.57. The zero-order valence-corrected chi connectivity index (χ0v) is 16.9. The number of ether oxygens (including phenoxy) is 1. The fourth-order valence-corrected chi connectivity index (χ4v) is 3.01. The Hall–Kier alpha value is -3.47. The highest BCUT2D eigenvalue weighted by Gasteiger charge is 2.05. The van der Waals surface area contributed by atoms with E-state index in [4.69, 9.17) is 4.74 Å². The van der Waals surface area contributed by atoms with Crippen LogP contribution in [-0.4, -0.2) is 25.6 Å². The van der Waals surface area contributed by atoms with Gasteiger partial charge in [-0.3, -0.25) is 4.79 Å². The number of anilines is 4. The smallest absolute Gasteiger partial charge is 0.262 e. The molecule has 0 spiro atoms. The standard InChI is InChI=1S/C24H27N3O2/c1-3-27(4-2)22-16-14-20(15-17-22)25-19-10-12-21(13-11-19)26-24(28)18-29-23-8-6-5-7-9-23/h5-17,25H,3-4,18H2,1-2H3,(H,26,28). The number of carbonyl (C=O) groups is 1. The molecule has 0 aliphatic carbocycles. The number of carbonyl (C=O) groups excluding carboxylic acids is 1. The van der Waals surface area contributed by atoms with Crippen molar-refractivity contribution in [1.29, 1.82) is 0 Å². The molecule has 0 bridgehead atoms. The van der Waals surface area contributed by atoms with Crippen molar-refractivity contribution in [3.8, 4) is 5.75 Å².